The number of carbonyl (C=O) groups excluding carboxylic acids is 3. The van der Waals surface area contributed by atoms with E-state index < -0.39 is 6.10 Å². The number of ether oxygens (including phenoxy) is 3. The first-order chi connectivity index (χ1) is 32.0. The van der Waals surface area contributed by atoms with Gasteiger partial charge in [0.05, 0.1) is 0 Å². The predicted molar refractivity (Wildman–Crippen MR) is 279 cm³/mol. The van der Waals surface area contributed by atoms with Gasteiger partial charge in [-0.3, -0.25) is 14.4 Å². The molecule has 372 valence electrons. The van der Waals surface area contributed by atoms with Crippen molar-refractivity contribution >= 4 is 17.9 Å². The SMILES string of the molecule is CC/C=C\C/C=C\C/C=C\C/C=C\CCCCCC(=O)OC(COC(=O)CCCCC/C=C\CCCCCCCCC)COC(=O)CCCCCCCCC/C=C\C/C=C\CCCCC. The van der Waals surface area contributed by atoms with E-state index in [2.05, 4.69) is 106 Å². The van der Waals surface area contributed by atoms with Gasteiger partial charge in [-0.25, -0.2) is 0 Å². The first-order valence-corrected chi connectivity index (χ1v) is 27.1. The van der Waals surface area contributed by atoms with Gasteiger partial charge in [0.25, 0.3) is 0 Å². The van der Waals surface area contributed by atoms with Gasteiger partial charge in [-0.15, -0.1) is 0 Å². The Morgan fingerprint density at radius 2 is 0.600 bits per heavy atom. The predicted octanol–water partition coefficient (Wildman–Crippen LogP) is 18.0. The number of unbranched alkanes of at least 4 members (excludes halogenated alkanes) is 23. The number of esters is 3. The molecule has 0 aliphatic carbocycles. The minimum Gasteiger partial charge on any atom is -0.462 e. The van der Waals surface area contributed by atoms with Crippen LogP contribution in [-0.4, -0.2) is 37.2 Å². The fourth-order valence-electron chi connectivity index (χ4n) is 7.28. The fourth-order valence-corrected chi connectivity index (χ4v) is 7.28. The average molecular weight is 905 g/mol. The van der Waals surface area contributed by atoms with Crippen LogP contribution in [0, 0.1) is 0 Å². The lowest BCUT2D eigenvalue weighted by Crippen LogP contribution is -2.30. The molecule has 0 rings (SSSR count). The van der Waals surface area contributed by atoms with Gasteiger partial charge < -0.3 is 14.2 Å². The van der Waals surface area contributed by atoms with Crippen LogP contribution in [0.4, 0.5) is 0 Å². The van der Waals surface area contributed by atoms with Crippen molar-refractivity contribution in [2.45, 2.75) is 258 Å². The number of hydrogen-bond donors (Lipinski definition) is 0. The maximum absolute atomic E-state index is 12.8. The highest BCUT2D eigenvalue weighted by Crippen LogP contribution is 2.14. The second-order valence-corrected chi connectivity index (χ2v) is 17.7. The quantitative estimate of drug-likeness (QED) is 0.0262. The molecule has 1 unspecified atom stereocenters. The summed E-state index contributed by atoms with van der Waals surface area (Å²) in [5.41, 5.74) is 0. The molecule has 0 N–H and O–H groups in total. The zero-order valence-corrected chi connectivity index (χ0v) is 42.5. The van der Waals surface area contributed by atoms with Crippen LogP contribution in [0.5, 0.6) is 0 Å². The van der Waals surface area contributed by atoms with Gasteiger partial charge in [0.2, 0.25) is 0 Å². The van der Waals surface area contributed by atoms with Crippen LogP contribution in [-0.2, 0) is 28.6 Å². The van der Waals surface area contributed by atoms with Crippen molar-refractivity contribution in [3.05, 3.63) is 85.1 Å². The Hall–Kier alpha value is -3.41. The van der Waals surface area contributed by atoms with E-state index in [0.717, 1.165) is 116 Å². The molecule has 0 aliphatic heterocycles. The van der Waals surface area contributed by atoms with Gasteiger partial charge in [-0.05, 0) is 116 Å². The number of rotatable bonds is 48. The van der Waals surface area contributed by atoms with Gasteiger partial charge in [-0.1, -0.05) is 202 Å². The highest BCUT2D eigenvalue weighted by Gasteiger charge is 2.19. The Morgan fingerprint density at radius 1 is 0.323 bits per heavy atom. The van der Waals surface area contributed by atoms with Gasteiger partial charge in [0.1, 0.15) is 13.2 Å². The average Bonchev–Trinajstić information content (AvgIpc) is 3.30. The molecule has 0 heterocycles. The third kappa shape index (κ3) is 51.4. The number of allylic oxidation sites excluding steroid dienone is 14. The number of hydrogen-bond acceptors (Lipinski definition) is 6. The van der Waals surface area contributed by atoms with Crippen molar-refractivity contribution in [2.75, 3.05) is 13.2 Å². The molecule has 0 aromatic carbocycles. The zero-order valence-electron chi connectivity index (χ0n) is 42.5. The molecule has 65 heavy (non-hydrogen) atoms. The van der Waals surface area contributed by atoms with Crippen LogP contribution < -0.4 is 0 Å². The standard InChI is InChI=1S/C59H100O6/c1-4-7-10-13-16-19-22-25-28-30-32-34-37-40-43-46-49-52-58(61)64-55-56(54-63-57(60)51-48-45-42-39-36-33-27-24-21-18-15-12-9-6-3)65-59(62)53-50-47-44-41-38-35-31-29-26-23-20-17-14-11-8-5-2/h8,11,16-17,19-20,25-26,28-29,33,35-36,38,56H,4-7,9-10,12-15,18,21-24,27,30-32,34,37,39-55H2,1-3H3/b11-8-,19-16-,20-17-,28-25-,29-26-,36-33-,38-35-. The maximum atomic E-state index is 12.8. The molecule has 0 saturated heterocycles. The lowest BCUT2D eigenvalue weighted by molar-refractivity contribution is -0.167. The normalized spacial score (nSPS) is 12.7. The van der Waals surface area contributed by atoms with Crippen LogP contribution in [0.1, 0.15) is 252 Å². The molecule has 6 heteroatoms. The van der Waals surface area contributed by atoms with E-state index >= 15 is 0 Å². The molecule has 0 aromatic rings. The number of carbonyl (C=O) groups is 3. The monoisotopic (exact) mass is 905 g/mol. The third-order valence-electron chi connectivity index (χ3n) is 11.4. The van der Waals surface area contributed by atoms with Crippen LogP contribution in [0.3, 0.4) is 0 Å². The van der Waals surface area contributed by atoms with Crippen LogP contribution in [0.2, 0.25) is 0 Å². The van der Waals surface area contributed by atoms with E-state index in [4.69, 9.17) is 14.2 Å². The van der Waals surface area contributed by atoms with Crippen molar-refractivity contribution in [3.8, 4) is 0 Å². The van der Waals surface area contributed by atoms with Gasteiger partial charge in [0, 0.05) is 19.3 Å². The summed E-state index contributed by atoms with van der Waals surface area (Å²) in [5, 5.41) is 0. The third-order valence-corrected chi connectivity index (χ3v) is 11.4. The Bertz CT molecular complexity index is 1270. The topological polar surface area (TPSA) is 78.9 Å². The molecule has 0 fully saturated rings. The van der Waals surface area contributed by atoms with E-state index in [1.807, 2.05) is 0 Å². The maximum Gasteiger partial charge on any atom is 0.306 e. The molecule has 0 radical (unpaired) electrons. The lowest BCUT2D eigenvalue weighted by atomic mass is 10.1. The lowest BCUT2D eigenvalue weighted by Gasteiger charge is -2.18. The molecule has 0 spiro atoms. The van der Waals surface area contributed by atoms with Crippen molar-refractivity contribution in [1.29, 1.82) is 0 Å². The summed E-state index contributed by atoms with van der Waals surface area (Å²) >= 11 is 0. The summed E-state index contributed by atoms with van der Waals surface area (Å²) in [7, 11) is 0. The van der Waals surface area contributed by atoms with Gasteiger partial charge in [0.15, 0.2) is 6.10 Å². The highest BCUT2D eigenvalue weighted by molar-refractivity contribution is 5.71. The van der Waals surface area contributed by atoms with Gasteiger partial charge >= 0.3 is 17.9 Å². The van der Waals surface area contributed by atoms with Crippen molar-refractivity contribution in [3.63, 3.8) is 0 Å². The van der Waals surface area contributed by atoms with Crippen LogP contribution in [0.15, 0.2) is 85.1 Å². The van der Waals surface area contributed by atoms with E-state index in [1.165, 1.54) is 96.3 Å². The molecule has 0 aromatic heterocycles. The van der Waals surface area contributed by atoms with E-state index in [-0.39, 0.29) is 37.5 Å². The molecule has 0 aliphatic rings. The Kier molecular flexibility index (Phi) is 50.4. The van der Waals surface area contributed by atoms with Crippen LogP contribution in [0.25, 0.3) is 0 Å². The summed E-state index contributed by atoms with van der Waals surface area (Å²) in [5.74, 6) is -0.952. The van der Waals surface area contributed by atoms with Crippen molar-refractivity contribution < 1.29 is 28.6 Å². The molecule has 0 saturated carbocycles. The fraction of sp³-hybridized carbons (Fsp3) is 0.712. The highest BCUT2D eigenvalue weighted by atomic mass is 16.6. The first kappa shape index (κ1) is 61.6. The second-order valence-electron chi connectivity index (χ2n) is 17.7. The summed E-state index contributed by atoms with van der Waals surface area (Å²) in [4.78, 5) is 38.0. The summed E-state index contributed by atoms with van der Waals surface area (Å²) < 4.78 is 16.8. The Morgan fingerprint density at radius 3 is 1.00 bits per heavy atom. The summed E-state index contributed by atoms with van der Waals surface area (Å²) in [6, 6.07) is 0. The molecule has 1 atom stereocenters. The first-order valence-electron chi connectivity index (χ1n) is 27.1. The Balaban J connectivity index is 4.47. The summed E-state index contributed by atoms with van der Waals surface area (Å²) in [6.45, 7) is 6.45. The minimum atomic E-state index is -0.803. The minimum absolute atomic E-state index is 0.0986. The largest absolute Gasteiger partial charge is 0.462 e. The zero-order chi connectivity index (χ0) is 47.2. The molecule has 0 bridgehead atoms. The smallest absolute Gasteiger partial charge is 0.306 e. The van der Waals surface area contributed by atoms with Crippen LogP contribution >= 0.6 is 0 Å². The second kappa shape index (κ2) is 53.2. The summed E-state index contributed by atoms with van der Waals surface area (Å²) in [6.07, 6.45) is 68.5. The molecular weight excluding hydrogens is 805 g/mol. The van der Waals surface area contributed by atoms with E-state index in [1.54, 1.807) is 0 Å². The van der Waals surface area contributed by atoms with E-state index in [9.17, 15) is 14.4 Å². The molecule has 6 nitrogen and oxygen atoms in total. The van der Waals surface area contributed by atoms with Gasteiger partial charge in [-0.2, -0.15) is 0 Å². The van der Waals surface area contributed by atoms with E-state index in [0.29, 0.717) is 12.8 Å². The Labute approximate surface area is 401 Å². The molecular formula is C59H100O6. The van der Waals surface area contributed by atoms with Crippen molar-refractivity contribution in [2.24, 2.45) is 0 Å². The molecule has 0 amide bonds. The van der Waals surface area contributed by atoms with Crippen molar-refractivity contribution in [1.82, 2.24) is 0 Å².